The molecule has 0 unspecified atom stereocenters. The summed E-state index contributed by atoms with van der Waals surface area (Å²) in [4.78, 5) is 39.9. The summed E-state index contributed by atoms with van der Waals surface area (Å²) in [6.07, 6.45) is 1.24. The molecule has 0 N–H and O–H groups in total. The molecular weight excluding hydrogens is 353 g/mol. The highest BCUT2D eigenvalue weighted by Gasteiger charge is 2.19. The van der Waals surface area contributed by atoms with E-state index in [0.717, 1.165) is 29.8 Å². The summed E-state index contributed by atoms with van der Waals surface area (Å²) < 4.78 is 20.4. The van der Waals surface area contributed by atoms with E-state index in [0.29, 0.717) is 13.1 Å². The fraction of sp³-hybridized carbons (Fsp3) is 0.421. The molecule has 0 amide bonds. The molecule has 7 nitrogen and oxygen atoms in total. The van der Waals surface area contributed by atoms with Crippen molar-refractivity contribution < 1.29 is 13.9 Å². The maximum atomic E-state index is 13.2. The van der Waals surface area contributed by atoms with Gasteiger partial charge >= 0.3 is 11.7 Å². The van der Waals surface area contributed by atoms with Crippen LogP contribution in [0.4, 0.5) is 4.39 Å². The summed E-state index contributed by atoms with van der Waals surface area (Å²) in [5.41, 5.74) is -1.43. The van der Waals surface area contributed by atoms with E-state index >= 15 is 0 Å². The smallest absolute Gasteiger partial charge is 0.345 e. The van der Waals surface area contributed by atoms with Gasteiger partial charge in [-0.3, -0.25) is 9.36 Å². The molecule has 0 bridgehead atoms. The fourth-order valence-corrected chi connectivity index (χ4v) is 2.72. The van der Waals surface area contributed by atoms with Crippen LogP contribution in [0.15, 0.2) is 40.1 Å². The molecule has 0 saturated heterocycles. The molecule has 1 aromatic carbocycles. The zero-order valence-corrected chi connectivity index (χ0v) is 15.8. The van der Waals surface area contributed by atoms with Gasteiger partial charge in [-0.15, -0.1) is 0 Å². The van der Waals surface area contributed by atoms with E-state index in [2.05, 4.69) is 4.90 Å². The van der Waals surface area contributed by atoms with Gasteiger partial charge in [0.25, 0.3) is 5.56 Å². The number of aromatic nitrogens is 2. The average molecular weight is 377 g/mol. The lowest BCUT2D eigenvalue weighted by molar-refractivity contribution is 0.0522. The van der Waals surface area contributed by atoms with Crippen molar-refractivity contribution in [1.29, 1.82) is 0 Å². The normalized spacial score (nSPS) is 11.0. The third kappa shape index (κ3) is 4.71. The lowest BCUT2D eigenvalue weighted by Crippen LogP contribution is -2.43. The third-order valence-electron chi connectivity index (χ3n) is 4.29. The molecule has 146 valence electrons. The van der Waals surface area contributed by atoms with E-state index in [-0.39, 0.29) is 17.9 Å². The minimum absolute atomic E-state index is 0.105. The van der Waals surface area contributed by atoms with Gasteiger partial charge in [-0.1, -0.05) is 13.8 Å². The number of halogens is 1. The number of hydrogen-bond donors (Lipinski definition) is 0. The number of ether oxygens (including phenoxy) is 1. The van der Waals surface area contributed by atoms with Gasteiger partial charge in [-0.05, 0) is 44.3 Å². The predicted octanol–water partition coefficient (Wildman–Crippen LogP) is 1.66. The van der Waals surface area contributed by atoms with Crippen LogP contribution in [0.1, 0.15) is 31.1 Å². The van der Waals surface area contributed by atoms with Crippen molar-refractivity contribution in [2.45, 2.75) is 27.3 Å². The van der Waals surface area contributed by atoms with Gasteiger partial charge in [0.1, 0.15) is 11.4 Å². The Labute approximate surface area is 156 Å². The van der Waals surface area contributed by atoms with Gasteiger partial charge in [0, 0.05) is 19.3 Å². The SMILES string of the molecule is CCOC(=O)c1cn(CCN(CC)CC)c(=O)n(-c2ccc(F)cc2)c1=O. The lowest BCUT2D eigenvalue weighted by atomic mass is 10.2. The summed E-state index contributed by atoms with van der Waals surface area (Å²) in [6, 6.07) is 4.95. The molecule has 0 aliphatic carbocycles. The predicted molar refractivity (Wildman–Crippen MR) is 100 cm³/mol. The number of likely N-dealkylation sites (N-methyl/N-ethyl adjacent to an activating group) is 1. The van der Waals surface area contributed by atoms with Gasteiger partial charge in [0.05, 0.1) is 12.3 Å². The van der Waals surface area contributed by atoms with E-state index in [4.69, 9.17) is 4.74 Å². The molecule has 27 heavy (non-hydrogen) atoms. The van der Waals surface area contributed by atoms with Crippen LogP contribution >= 0.6 is 0 Å². The topological polar surface area (TPSA) is 73.5 Å². The molecule has 0 fully saturated rings. The van der Waals surface area contributed by atoms with Crippen LogP contribution < -0.4 is 11.2 Å². The molecule has 0 aliphatic rings. The maximum Gasteiger partial charge on any atom is 0.345 e. The third-order valence-corrected chi connectivity index (χ3v) is 4.29. The summed E-state index contributed by atoms with van der Waals surface area (Å²) >= 11 is 0. The minimum Gasteiger partial charge on any atom is -0.462 e. The first-order valence-corrected chi connectivity index (χ1v) is 8.94. The number of rotatable bonds is 8. The van der Waals surface area contributed by atoms with Crippen molar-refractivity contribution in [2.24, 2.45) is 0 Å². The summed E-state index contributed by atoms with van der Waals surface area (Å²) in [5.74, 6) is -1.29. The van der Waals surface area contributed by atoms with Gasteiger partial charge < -0.3 is 9.64 Å². The Morgan fingerprint density at radius 1 is 1.11 bits per heavy atom. The van der Waals surface area contributed by atoms with Crippen LogP contribution in [0.3, 0.4) is 0 Å². The molecule has 1 aromatic heterocycles. The van der Waals surface area contributed by atoms with E-state index in [1.165, 1.54) is 22.9 Å². The van der Waals surface area contributed by atoms with Crippen LogP contribution in [0.25, 0.3) is 5.69 Å². The molecule has 0 spiro atoms. The number of carbonyl (C=O) groups is 1. The van der Waals surface area contributed by atoms with E-state index in [9.17, 15) is 18.8 Å². The maximum absolute atomic E-state index is 13.2. The zero-order chi connectivity index (χ0) is 20.0. The Kier molecular flexibility index (Phi) is 7.06. The number of benzene rings is 1. The molecule has 8 heteroatoms. The second kappa shape index (κ2) is 9.27. The zero-order valence-electron chi connectivity index (χ0n) is 15.8. The van der Waals surface area contributed by atoms with Crippen molar-refractivity contribution in [3.05, 3.63) is 62.7 Å². The van der Waals surface area contributed by atoms with E-state index in [1.807, 2.05) is 13.8 Å². The second-order valence-corrected chi connectivity index (χ2v) is 5.88. The Bertz CT molecular complexity index is 899. The van der Waals surface area contributed by atoms with Gasteiger partial charge in [-0.2, -0.15) is 0 Å². The van der Waals surface area contributed by atoms with Gasteiger partial charge in [0.15, 0.2) is 0 Å². The monoisotopic (exact) mass is 377 g/mol. The number of nitrogens with zero attached hydrogens (tertiary/aromatic N) is 3. The average Bonchev–Trinajstić information content (AvgIpc) is 2.65. The first-order valence-electron chi connectivity index (χ1n) is 8.94. The number of hydrogen-bond acceptors (Lipinski definition) is 5. The van der Waals surface area contributed by atoms with E-state index in [1.54, 1.807) is 6.92 Å². The highest BCUT2D eigenvalue weighted by atomic mass is 19.1. The summed E-state index contributed by atoms with van der Waals surface area (Å²) in [5, 5.41) is 0. The first-order chi connectivity index (χ1) is 12.9. The van der Waals surface area contributed by atoms with Crippen LogP contribution in [0, 0.1) is 5.82 Å². The molecule has 1 heterocycles. The molecule has 0 saturated carbocycles. The van der Waals surface area contributed by atoms with Crippen molar-refractivity contribution in [2.75, 3.05) is 26.2 Å². The van der Waals surface area contributed by atoms with Crippen LogP contribution in [0.5, 0.6) is 0 Å². The number of esters is 1. The van der Waals surface area contributed by atoms with Crippen molar-refractivity contribution in [1.82, 2.24) is 14.0 Å². The first kappa shape index (κ1) is 20.6. The molecule has 2 aromatic rings. The Morgan fingerprint density at radius 3 is 2.30 bits per heavy atom. The van der Waals surface area contributed by atoms with Crippen molar-refractivity contribution in [3.63, 3.8) is 0 Å². The van der Waals surface area contributed by atoms with Crippen LogP contribution in [0.2, 0.25) is 0 Å². The van der Waals surface area contributed by atoms with E-state index < -0.39 is 23.0 Å². The standard InChI is InChI=1S/C19H24FN3O4/c1-4-21(5-2)11-12-22-13-16(18(25)27-6-3)17(24)23(19(22)26)15-9-7-14(20)8-10-15/h7-10,13H,4-6,11-12H2,1-3H3. The Balaban J connectivity index is 2.59. The highest BCUT2D eigenvalue weighted by Crippen LogP contribution is 2.06. The van der Waals surface area contributed by atoms with Crippen LogP contribution in [-0.4, -0.2) is 46.2 Å². The summed E-state index contributed by atoms with van der Waals surface area (Å²) in [6.45, 7) is 8.26. The Morgan fingerprint density at radius 2 is 1.74 bits per heavy atom. The van der Waals surface area contributed by atoms with Gasteiger partial charge in [-0.25, -0.2) is 18.5 Å². The Hall–Kier alpha value is -2.74. The molecule has 0 atom stereocenters. The van der Waals surface area contributed by atoms with Gasteiger partial charge in [0.2, 0.25) is 0 Å². The molecule has 0 radical (unpaired) electrons. The van der Waals surface area contributed by atoms with Crippen molar-refractivity contribution in [3.8, 4) is 5.69 Å². The van der Waals surface area contributed by atoms with Crippen LogP contribution in [-0.2, 0) is 11.3 Å². The highest BCUT2D eigenvalue weighted by molar-refractivity contribution is 5.88. The quantitative estimate of drug-likeness (QED) is 0.654. The second-order valence-electron chi connectivity index (χ2n) is 5.88. The molecule has 2 rings (SSSR count). The number of carbonyl (C=O) groups excluding carboxylic acids is 1. The van der Waals surface area contributed by atoms with Crippen molar-refractivity contribution >= 4 is 5.97 Å². The lowest BCUT2D eigenvalue weighted by Gasteiger charge is -2.19. The summed E-state index contributed by atoms with van der Waals surface area (Å²) in [7, 11) is 0. The fourth-order valence-electron chi connectivity index (χ4n) is 2.72. The largest absolute Gasteiger partial charge is 0.462 e. The minimum atomic E-state index is -0.796. The molecular formula is C19H24FN3O4. The molecule has 0 aliphatic heterocycles.